The zero-order valence-electron chi connectivity index (χ0n) is 13.2. The Hall–Kier alpha value is -1.79. The van der Waals surface area contributed by atoms with Gasteiger partial charge in [-0.3, -0.25) is 9.59 Å². The van der Waals surface area contributed by atoms with E-state index in [1.165, 1.54) is 7.11 Å². The highest BCUT2D eigenvalue weighted by atomic mass is 35.5. The number of benzene rings is 1. The molecule has 1 aromatic carbocycles. The first kappa shape index (κ1) is 19.3. The van der Waals surface area contributed by atoms with Crippen LogP contribution in [0, 0.1) is 0 Å². The van der Waals surface area contributed by atoms with E-state index in [9.17, 15) is 9.59 Å². The summed E-state index contributed by atoms with van der Waals surface area (Å²) in [5.74, 6) is 0.480. The van der Waals surface area contributed by atoms with E-state index in [4.69, 9.17) is 4.74 Å². The Labute approximate surface area is 142 Å². The van der Waals surface area contributed by atoms with Gasteiger partial charge in [-0.2, -0.15) is 0 Å². The van der Waals surface area contributed by atoms with Gasteiger partial charge in [-0.15, -0.1) is 12.4 Å². The normalized spacial score (nSPS) is 16.3. The molecule has 6 nitrogen and oxygen atoms in total. The van der Waals surface area contributed by atoms with E-state index in [0.717, 1.165) is 25.1 Å². The standard InChI is InChI=1S/C16H22N2O4.ClH/c1-21-15(19)5-3-11-22-13-8-6-12(7-9-13)18-16(20)14-4-2-10-17-14;/h6-9,14,17H,2-5,10-11H2,1H3,(H,18,20);1H. The molecule has 1 amide bonds. The van der Waals surface area contributed by atoms with Gasteiger partial charge in [-0.05, 0) is 50.1 Å². The van der Waals surface area contributed by atoms with Crippen molar-refractivity contribution in [3.05, 3.63) is 24.3 Å². The lowest BCUT2D eigenvalue weighted by atomic mass is 10.2. The van der Waals surface area contributed by atoms with Gasteiger partial charge in [0.05, 0.1) is 19.8 Å². The molecule has 1 aliphatic heterocycles. The second-order valence-electron chi connectivity index (χ2n) is 5.19. The summed E-state index contributed by atoms with van der Waals surface area (Å²) in [4.78, 5) is 22.9. The molecular weight excluding hydrogens is 320 g/mol. The van der Waals surface area contributed by atoms with Crippen LogP contribution in [0.15, 0.2) is 24.3 Å². The summed E-state index contributed by atoms with van der Waals surface area (Å²) in [6.45, 7) is 1.35. The van der Waals surface area contributed by atoms with Gasteiger partial charge in [0.25, 0.3) is 0 Å². The van der Waals surface area contributed by atoms with Crippen LogP contribution < -0.4 is 15.4 Å². The monoisotopic (exact) mass is 342 g/mol. The first-order valence-electron chi connectivity index (χ1n) is 7.53. The van der Waals surface area contributed by atoms with Gasteiger partial charge < -0.3 is 20.1 Å². The first-order chi connectivity index (χ1) is 10.7. The molecule has 7 heteroatoms. The molecule has 1 saturated heterocycles. The molecule has 1 aromatic rings. The number of rotatable bonds is 7. The molecule has 2 N–H and O–H groups in total. The quantitative estimate of drug-likeness (QED) is 0.586. The summed E-state index contributed by atoms with van der Waals surface area (Å²) >= 11 is 0. The van der Waals surface area contributed by atoms with Crippen molar-refractivity contribution in [1.82, 2.24) is 5.32 Å². The van der Waals surface area contributed by atoms with Crippen molar-refractivity contribution in [2.24, 2.45) is 0 Å². The molecule has 0 bridgehead atoms. The van der Waals surface area contributed by atoms with E-state index in [-0.39, 0.29) is 30.3 Å². The Morgan fingerprint density at radius 2 is 2.04 bits per heavy atom. The van der Waals surface area contributed by atoms with Gasteiger partial charge in [0.15, 0.2) is 0 Å². The molecule has 0 aliphatic carbocycles. The van der Waals surface area contributed by atoms with Gasteiger partial charge in [0.1, 0.15) is 5.75 Å². The van der Waals surface area contributed by atoms with Gasteiger partial charge in [-0.1, -0.05) is 0 Å². The Kier molecular flexibility index (Phi) is 8.43. The van der Waals surface area contributed by atoms with Crippen molar-refractivity contribution in [3.8, 4) is 5.75 Å². The summed E-state index contributed by atoms with van der Waals surface area (Å²) < 4.78 is 10.1. The van der Waals surface area contributed by atoms with Gasteiger partial charge in [0, 0.05) is 12.1 Å². The molecular formula is C16H23ClN2O4. The van der Waals surface area contributed by atoms with Crippen LogP contribution in [-0.2, 0) is 14.3 Å². The van der Waals surface area contributed by atoms with Crippen LogP contribution in [0.2, 0.25) is 0 Å². The fraction of sp³-hybridized carbons (Fsp3) is 0.500. The molecule has 2 rings (SSSR count). The maximum atomic E-state index is 12.0. The molecule has 1 heterocycles. The molecule has 128 valence electrons. The Bertz CT molecular complexity index is 501. The number of hydrogen-bond donors (Lipinski definition) is 2. The number of carbonyl (C=O) groups is 2. The third kappa shape index (κ3) is 6.46. The molecule has 23 heavy (non-hydrogen) atoms. The van der Waals surface area contributed by atoms with Crippen LogP contribution in [0.25, 0.3) is 0 Å². The molecule has 0 saturated carbocycles. The van der Waals surface area contributed by atoms with Crippen LogP contribution in [0.4, 0.5) is 5.69 Å². The number of carbonyl (C=O) groups excluding carboxylic acids is 2. The highest BCUT2D eigenvalue weighted by Gasteiger charge is 2.21. The zero-order valence-corrected chi connectivity index (χ0v) is 14.0. The lowest BCUT2D eigenvalue weighted by Crippen LogP contribution is -2.35. The van der Waals surface area contributed by atoms with Crippen molar-refractivity contribution in [2.75, 3.05) is 25.6 Å². The van der Waals surface area contributed by atoms with Gasteiger partial charge >= 0.3 is 5.97 Å². The van der Waals surface area contributed by atoms with E-state index < -0.39 is 0 Å². The van der Waals surface area contributed by atoms with Crippen LogP contribution in [0.5, 0.6) is 5.75 Å². The van der Waals surface area contributed by atoms with Crippen molar-refractivity contribution in [3.63, 3.8) is 0 Å². The number of esters is 1. The van der Waals surface area contributed by atoms with E-state index in [1.807, 2.05) is 12.1 Å². The van der Waals surface area contributed by atoms with Crippen LogP contribution in [0.3, 0.4) is 0 Å². The van der Waals surface area contributed by atoms with Crippen LogP contribution in [-0.4, -0.2) is 38.2 Å². The van der Waals surface area contributed by atoms with E-state index in [1.54, 1.807) is 12.1 Å². The predicted molar refractivity (Wildman–Crippen MR) is 90.1 cm³/mol. The lowest BCUT2D eigenvalue weighted by Gasteiger charge is -2.11. The molecule has 1 aliphatic rings. The number of methoxy groups -OCH3 is 1. The molecule has 1 atom stereocenters. The number of amides is 1. The van der Waals surface area contributed by atoms with Crippen molar-refractivity contribution >= 4 is 30.0 Å². The molecule has 1 unspecified atom stereocenters. The van der Waals surface area contributed by atoms with E-state index >= 15 is 0 Å². The minimum Gasteiger partial charge on any atom is -0.494 e. The second-order valence-corrected chi connectivity index (χ2v) is 5.19. The number of ether oxygens (including phenoxy) is 2. The van der Waals surface area contributed by atoms with E-state index in [0.29, 0.717) is 25.2 Å². The zero-order chi connectivity index (χ0) is 15.8. The maximum absolute atomic E-state index is 12.0. The Morgan fingerprint density at radius 3 is 2.65 bits per heavy atom. The van der Waals surface area contributed by atoms with Crippen LogP contribution in [0.1, 0.15) is 25.7 Å². The smallest absolute Gasteiger partial charge is 0.305 e. The Balaban J connectivity index is 0.00000264. The maximum Gasteiger partial charge on any atom is 0.305 e. The van der Waals surface area contributed by atoms with Crippen molar-refractivity contribution < 1.29 is 19.1 Å². The SMILES string of the molecule is COC(=O)CCCOc1ccc(NC(=O)C2CCCN2)cc1.Cl. The van der Waals surface area contributed by atoms with Gasteiger partial charge in [-0.25, -0.2) is 0 Å². The van der Waals surface area contributed by atoms with Gasteiger partial charge in [0.2, 0.25) is 5.91 Å². The number of anilines is 1. The fourth-order valence-electron chi connectivity index (χ4n) is 2.28. The molecule has 0 aromatic heterocycles. The second kappa shape index (κ2) is 10.1. The third-order valence-electron chi connectivity index (χ3n) is 3.52. The average Bonchev–Trinajstić information content (AvgIpc) is 3.07. The lowest BCUT2D eigenvalue weighted by molar-refractivity contribution is -0.140. The van der Waals surface area contributed by atoms with Crippen molar-refractivity contribution in [1.29, 1.82) is 0 Å². The molecule has 0 spiro atoms. The minimum absolute atomic E-state index is 0. The Morgan fingerprint density at radius 1 is 1.30 bits per heavy atom. The highest BCUT2D eigenvalue weighted by Crippen LogP contribution is 2.17. The largest absolute Gasteiger partial charge is 0.494 e. The van der Waals surface area contributed by atoms with E-state index in [2.05, 4.69) is 15.4 Å². The van der Waals surface area contributed by atoms with Crippen molar-refractivity contribution in [2.45, 2.75) is 31.7 Å². The fourth-order valence-corrected chi connectivity index (χ4v) is 2.28. The summed E-state index contributed by atoms with van der Waals surface area (Å²) in [5, 5.41) is 6.04. The summed E-state index contributed by atoms with van der Waals surface area (Å²) in [7, 11) is 1.37. The summed E-state index contributed by atoms with van der Waals surface area (Å²) in [6.07, 6.45) is 2.88. The highest BCUT2D eigenvalue weighted by molar-refractivity contribution is 5.95. The summed E-state index contributed by atoms with van der Waals surface area (Å²) in [6, 6.07) is 7.13. The average molecular weight is 343 g/mol. The topological polar surface area (TPSA) is 76.7 Å². The number of halogens is 1. The first-order valence-corrected chi connectivity index (χ1v) is 7.53. The minimum atomic E-state index is -0.234. The third-order valence-corrected chi connectivity index (χ3v) is 3.52. The predicted octanol–water partition coefficient (Wildman–Crippen LogP) is 2.13. The summed E-state index contributed by atoms with van der Waals surface area (Å²) in [5.41, 5.74) is 0.751. The molecule has 1 fully saturated rings. The number of nitrogens with one attached hydrogen (secondary N) is 2. The number of hydrogen-bond acceptors (Lipinski definition) is 5. The molecule has 0 radical (unpaired) electrons. The van der Waals surface area contributed by atoms with Crippen LogP contribution >= 0.6 is 12.4 Å².